The highest BCUT2D eigenvalue weighted by Gasteiger charge is 2.65. The van der Waals surface area contributed by atoms with E-state index in [1.54, 1.807) is 20.8 Å². The van der Waals surface area contributed by atoms with Gasteiger partial charge in [0.2, 0.25) is 18.1 Å². The van der Waals surface area contributed by atoms with Crippen LogP contribution in [-0.2, 0) is 51.1 Å². The number of ether oxygens (including phenoxy) is 4. The molecule has 2 heterocycles. The van der Waals surface area contributed by atoms with Crippen LogP contribution in [0.15, 0.2) is 35.5 Å². The maximum absolute atomic E-state index is 12.9. The van der Waals surface area contributed by atoms with E-state index in [1.807, 2.05) is 0 Å². The highest BCUT2D eigenvalue weighted by molar-refractivity contribution is 8.07. The molecule has 1 aromatic carbocycles. The molecule has 1 saturated heterocycles. The lowest BCUT2D eigenvalue weighted by Gasteiger charge is -2.46. The van der Waals surface area contributed by atoms with Gasteiger partial charge < -0.3 is 29.0 Å². The number of non-ortho nitro benzene ring substituents is 1. The summed E-state index contributed by atoms with van der Waals surface area (Å²) in [5.41, 5.74) is 8.39. The quantitative estimate of drug-likeness (QED) is 0.0649. The number of hydrogen-bond donors (Lipinski definition) is 0. The van der Waals surface area contributed by atoms with E-state index in [4.69, 9.17) is 18.9 Å². The van der Waals surface area contributed by atoms with Crippen molar-refractivity contribution >= 4 is 45.9 Å². The Morgan fingerprint density at radius 2 is 1.77 bits per heavy atom. The van der Waals surface area contributed by atoms with Gasteiger partial charge >= 0.3 is 23.1 Å². The number of benzene rings is 1. The Kier molecular flexibility index (Phi) is 8.74. The Balaban J connectivity index is 1.62. The number of β-lactam (4-membered cyclic amide) rings is 1. The lowest BCUT2D eigenvalue weighted by Crippen LogP contribution is -2.69. The highest BCUT2D eigenvalue weighted by atomic mass is 32.2. The molecule has 1 fully saturated rings. The van der Waals surface area contributed by atoms with Crippen molar-refractivity contribution in [3.8, 4) is 0 Å². The van der Waals surface area contributed by atoms with Crippen molar-refractivity contribution in [2.24, 2.45) is 11.3 Å². The van der Waals surface area contributed by atoms with E-state index in [1.165, 1.54) is 31.2 Å². The van der Waals surface area contributed by atoms with Gasteiger partial charge in [0.25, 0.3) is 5.69 Å². The molecule has 2 aliphatic rings. The van der Waals surface area contributed by atoms with Crippen LogP contribution in [0.4, 0.5) is 10.5 Å². The molecule has 0 aliphatic carbocycles. The molecule has 3 rings (SSSR count). The number of amides is 1. The van der Waals surface area contributed by atoms with Gasteiger partial charge in [-0.15, -0.1) is 4.79 Å². The number of hydrogen-bond acceptors (Lipinski definition) is 11. The fourth-order valence-electron chi connectivity index (χ4n) is 3.55. The Labute approximate surface area is 224 Å². The molecule has 3 atom stereocenters. The van der Waals surface area contributed by atoms with Crippen molar-refractivity contribution in [1.82, 2.24) is 4.90 Å². The van der Waals surface area contributed by atoms with Gasteiger partial charge in [-0.1, -0.05) is 0 Å². The molecule has 1 aromatic rings. The molecule has 0 aromatic heterocycles. The number of nitrogens with zero attached hydrogens (tertiary/aromatic N) is 4. The molecule has 2 aliphatic heterocycles. The SMILES string of the molecule is CC1=C(C(=O)OCOC(=O)C(C)(C)C)N2C(=O)[C@H](COC(=O)OCc3ccc([N+](=O)[O-])cc3)[C@H]2[S+]([O-])C1=[N+]=[N-]. The van der Waals surface area contributed by atoms with Crippen LogP contribution < -0.4 is 0 Å². The largest absolute Gasteiger partial charge is 0.604 e. The number of esters is 2. The zero-order valence-electron chi connectivity index (χ0n) is 21.3. The van der Waals surface area contributed by atoms with Gasteiger partial charge in [-0.25, -0.2) is 9.59 Å². The summed E-state index contributed by atoms with van der Waals surface area (Å²) in [5.74, 6) is -3.61. The minimum Gasteiger partial charge on any atom is -0.604 e. The molecule has 1 unspecified atom stereocenters. The Bertz CT molecular complexity index is 1280. The van der Waals surface area contributed by atoms with E-state index in [-0.39, 0.29) is 28.6 Å². The lowest BCUT2D eigenvalue weighted by molar-refractivity contribution is -0.384. The van der Waals surface area contributed by atoms with Gasteiger partial charge in [-0.3, -0.25) is 24.6 Å². The minimum absolute atomic E-state index is 0.0885. The number of nitro groups is 1. The van der Waals surface area contributed by atoms with Gasteiger partial charge in [0.1, 0.15) is 30.4 Å². The van der Waals surface area contributed by atoms with E-state index in [2.05, 4.69) is 4.79 Å². The lowest BCUT2D eigenvalue weighted by atomic mass is 9.96. The second-order valence-corrected chi connectivity index (χ2v) is 10.9. The summed E-state index contributed by atoms with van der Waals surface area (Å²) in [6.45, 7) is 4.52. The normalized spacial score (nSPS) is 20.3. The van der Waals surface area contributed by atoms with Crippen LogP contribution in [0.25, 0.3) is 5.53 Å². The van der Waals surface area contributed by atoms with Crippen molar-refractivity contribution < 1.29 is 52.4 Å². The maximum Gasteiger partial charge on any atom is 0.508 e. The Morgan fingerprint density at radius 1 is 1.13 bits per heavy atom. The second-order valence-electron chi connectivity index (χ2n) is 9.39. The zero-order valence-corrected chi connectivity index (χ0v) is 22.1. The first-order valence-corrected chi connectivity index (χ1v) is 12.5. The highest BCUT2D eigenvalue weighted by Crippen LogP contribution is 2.41. The molecule has 0 radical (unpaired) electrons. The molecule has 0 bridgehead atoms. The summed E-state index contributed by atoms with van der Waals surface area (Å²) in [6, 6.07) is 5.24. The standard InChI is InChI=1S/C23H24N4O11S/c1-12-16(20(29)37-11-38-21(30)23(2,3)4)26-18(28)15(19(26)39(34)17(12)25-24)10-36-22(31)35-9-13-5-7-14(8-6-13)27(32)33/h5-8,15,19H,9-11H2,1-4H3/t15-,19+,39?/m0/s1. The average Bonchev–Trinajstić information content (AvgIpc) is 2.87. The summed E-state index contributed by atoms with van der Waals surface area (Å²) < 4.78 is 32.7. The number of fused-ring (bicyclic) bond motifs is 1. The van der Waals surface area contributed by atoms with Crippen LogP contribution in [0.1, 0.15) is 33.3 Å². The third kappa shape index (κ3) is 6.25. The average molecular weight is 565 g/mol. The zero-order chi connectivity index (χ0) is 29.1. The van der Waals surface area contributed by atoms with E-state index < -0.39 is 70.2 Å². The molecule has 39 heavy (non-hydrogen) atoms. The van der Waals surface area contributed by atoms with E-state index in [0.717, 1.165) is 4.90 Å². The third-order valence-corrected chi connectivity index (χ3v) is 7.39. The summed E-state index contributed by atoms with van der Waals surface area (Å²) in [4.78, 5) is 63.5. The van der Waals surface area contributed by atoms with E-state index in [0.29, 0.717) is 5.56 Å². The topological polar surface area (TPSA) is 211 Å². The molecular weight excluding hydrogens is 540 g/mol. The predicted octanol–water partition coefficient (Wildman–Crippen LogP) is 1.79. The van der Waals surface area contributed by atoms with Crippen LogP contribution in [0.5, 0.6) is 0 Å². The van der Waals surface area contributed by atoms with Crippen molar-refractivity contribution in [3.05, 3.63) is 56.7 Å². The Morgan fingerprint density at radius 3 is 2.33 bits per heavy atom. The monoisotopic (exact) mass is 564 g/mol. The Hall–Kier alpha value is -4.27. The molecule has 15 nitrogen and oxygen atoms in total. The predicted molar refractivity (Wildman–Crippen MR) is 129 cm³/mol. The van der Waals surface area contributed by atoms with Crippen LogP contribution in [0, 0.1) is 21.4 Å². The number of rotatable bonds is 8. The van der Waals surface area contributed by atoms with Crippen LogP contribution >= 0.6 is 0 Å². The molecule has 0 N–H and O–H groups in total. The van der Waals surface area contributed by atoms with Gasteiger partial charge in [-0.2, -0.15) is 0 Å². The molecule has 1 amide bonds. The fourth-order valence-corrected chi connectivity index (χ4v) is 5.15. The van der Waals surface area contributed by atoms with Gasteiger partial charge in [0.05, 0.1) is 21.5 Å². The molecule has 0 saturated carbocycles. The third-order valence-electron chi connectivity index (χ3n) is 5.64. The maximum atomic E-state index is 12.9. The van der Waals surface area contributed by atoms with Gasteiger partial charge in [0, 0.05) is 12.1 Å². The van der Waals surface area contributed by atoms with Crippen LogP contribution in [0.3, 0.4) is 0 Å². The first kappa shape index (κ1) is 29.3. The van der Waals surface area contributed by atoms with Crippen molar-refractivity contribution in [3.63, 3.8) is 0 Å². The van der Waals surface area contributed by atoms with Crippen LogP contribution in [-0.4, -0.2) is 67.0 Å². The summed E-state index contributed by atoms with van der Waals surface area (Å²) in [5, 5.41) is 9.11. The summed E-state index contributed by atoms with van der Waals surface area (Å²) in [7, 11) is 0. The molecule has 16 heteroatoms. The van der Waals surface area contributed by atoms with E-state index in [9.17, 15) is 39.4 Å². The first-order chi connectivity index (χ1) is 18.3. The number of nitro benzene ring substituents is 1. The molecular formula is C23H24N4O11S. The molecule has 0 spiro atoms. The number of carbonyl (C=O) groups is 4. The smallest absolute Gasteiger partial charge is 0.508 e. The van der Waals surface area contributed by atoms with Gasteiger partial charge in [0.15, 0.2) is 0 Å². The van der Waals surface area contributed by atoms with E-state index >= 15 is 0 Å². The molecule has 208 valence electrons. The number of carbonyl (C=O) groups excluding carboxylic acids is 4. The van der Waals surface area contributed by atoms with Gasteiger partial charge in [-0.05, 0) is 45.4 Å². The summed E-state index contributed by atoms with van der Waals surface area (Å²) >= 11 is -2.10. The minimum atomic E-state index is -2.10. The fraction of sp³-hybridized carbons (Fsp3) is 0.435. The van der Waals surface area contributed by atoms with Crippen molar-refractivity contribution in [1.29, 1.82) is 0 Å². The first-order valence-electron chi connectivity index (χ1n) is 11.3. The van der Waals surface area contributed by atoms with Crippen LogP contribution in [0.2, 0.25) is 0 Å². The van der Waals surface area contributed by atoms with Crippen molar-refractivity contribution in [2.45, 2.75) is 39.7 Å². The summed E-state index contributed by atoms with van der Waals surface area (Å²) in [6.07, 6.45) is -1.16. The van der Waals surface area contributed by atoms with Crippen molar-refractivity contribution in [2.75, 3.05) is 13.4 Å². The second kappa shape index (κ2) is 11.6.